The average Bonchev–Trinajstić information content (AvgIpc) is 3.43. The minimum absolute atomic E-state index is 0.00761. The van der Waals surface area contributed by atoms with E-state index in [1.165, 1.54) is 5.57 Å². The van der Waals surface area contributed by atoms with Crippen molar-refractivity contribution in [2.45, 2.75) is 141 Å². The van der Waals surface area contributed by atoms with Crippen molar-refractivity contribution in [3.05, 3.63) is 59.2 Å². The second-order valence-corrected chi connectivity index (χ2v) is 20.8. The molecule has 2 unspecified atom stereocenters. The number of anilines is 2. The minimum Gasteiger partial charge on any atom is -0.365 e. The van der Waals surface area contributed by atoms with E-state index in [2.05, 4.69) is 129 Å². The number of benzene rings is 1. The second-order valence-electron chi connectivity index (χ2n) is 20.1. The second kappa shape index (κ2) is 13.9. The SMILES string of the molecule is C=C(C)CC(C)(C)C1(C(C)(C)CCC)CC(C)(C)CC(C)(C)N(c2ccc(NS(=O)O)cc2-c2c[nH]c(=O)c3[nH]ccc23)CC(C)(C)CC1(C)C. The van der Waals surface area contributed by atoms with Gasteiger partial charge in [-0.15, -0.1) is 6.58 Å². The molecule has 0 saturated carbocycles. The van der Waals surface area contributed by atoms with Gasteiger partial charge in [-0.25, -0.2) is 4.21 Å². The molecule has 3 heterocycles. The molecule has 3 aromatic rings. The summed E-state index contributed by atoms with van der Waals surface area (Å²) in [6.07, 6.45) is 9.92. The fourth-order valence-corrected chi connectivity index (χ4v) is 12.5. The van der Waals surface area contributed by atoms with E-state index >= 15 is 0 Å². The monoisotopic (exact) mass is 721 g/mol. The van der Waals surface area contributed by atoms with Crippen LogP contribution in [0.25, 0.3) is 22.0 Å². The molecule has 51 heavy (non-hydrogen) atoms. The van der Waals surface area contributed by atoms with E-state index in [9.17, 15) is 13.6 Å². The van der Waals surface area contributed by atoms with Gasteiger partial charge in [0, 0.05) is 52.4 Å². The minimum atomic E-state index is -2.23. The van der Waals surface area contributed by atoms with Crippen molar-refractivity contribution in [1.82, 2.24) is 9.97 Å². The van der Waals surface area contributed by atoms with Gasteiger partial charge in [0.25, 0.3) is 16.8 Å². The quantitative estimate of drug-likeness (QED) is 0.124. The van der Waals surface area contributed by atoms with Crippen LogP contribution < -0.4 is 15.2 Å². The Morgan fingerprint density at radius 3 is 2.18 bits per heavy atom. The van der Waals surface area contributed by atoms with Gasteiger partial charge in [-0.1, -0.05) is 88.2 Å². The highest BCUT2D eigenvalue weighted by Gasteiger charge is 2.64. The van der Waals surface area contributed by atoms with Gasteiger partial charge in [0.15, 0.2) is 0 Å². The summed E-state index contributed by atoms with van der Waals surface area (Å²) in [5.41, 5.74) is 4.46. The fraction of sp³-hybridized carbons (Fsp3) is 0.651. The summed E-state index contributed by atoms with van der Waals surface area (Å²) in [5.74, 6) is 0. The van der Waals surface area contributed by atoms with Crippen molar-refractivity contribution in [3.8, 4) is 11.1 Å². The number of aromatic amines is 2. The molecule has 8 heteroatoms. The molecule has 0 aliphatic carbocycles. The van der Waals surface area contributed by atoms with Crippen LogP contribution in [-0.2, 0) is 11.3 Å². The zero-order valence-corrected chi connectivity index (χ0v) is 35.1. The maximum absolute atomic E-state index is 12.8. The number of fused-ring (bicyclic) bond motifs is 1. The van der Waals surface area contributed by atoms with Crippen molar-refractivity contribution in [2.24, 2.45) is 32.5 Å². The molecule has 1 aromatic carbocycles. The molecule has 0 radical (unpaired) electrons. The maximum Gasteiger partial charge on any atom is 0.272 e. The number of aromatic nitrogens is 2. The smallest absolute Gasteiger partial charge is 0.272 e. The van der Waals surface area contributed by atoms with E-state index in [1.807, 2.05) is 18.2 Å². The number of nitrogens with zero attached hydrogens (tertiary/aromatic N) is 1. The normalized spacial score (nSPS) is 22.8. The summed E-state index contributed by atoms with van der Waals surface area (Å²) < 4.78 is 24.4. The van der Waals surface area contributed by atoms with E-state index in [0.29, 0.717) is 11.2 Å². The van der Waals surface area contributed by atoms with Gasteiger partial charge in [0.2, 0.25) is 0 Å². The lowest BCUT2D eigenvalue weighted by Crippen LogP contribution is -2.62. The zero-order valence-electron chi connectivity index (χ0n) is 34.2. The van der Waals surface area contributed by atoms with Crippen LogP contribution in [0.1, 0.15) is 135 Å². The summed E-state index contributed by atoms with van der Waals surface area (Å²) in [7, 11) is 0. The molecule has 1 aliphatic rings. The van der Waals surface area contributed by atoms with Crippen molar-refractivity contribution >= 4 is 33.5 Å². The van der Waals surface area contributed by atoms with E-state index in [4.69, 9.17) is 0 Å². The van der Waals surface area contributed by atoms with E-state index in [0.717, 1.165) is 67.3 Å². The van der Waals surface area contributed by atoms with Gasteiger partial charge in [-0.3, -0.25) is 14.1 Å². The van der Waals surface area contributed by atoms with Crippen LogP contribution >= 0.6 is 0 Å². The molecule has 0 spiro atoms. The molecule has 4 N–H and O–H groups in total. The number of pyridine rings is 1. The zero-order chi connectivity index (χ0) is 38.6. The van der Waals surface area contributed by atoms with Gasteiger partial charge in [-0.05, 0) is 110 Å². The van der Waals surface area contributed by atoms with Crippen molar-refractivity contribution in [2.75, 3.05) is 16.2 Å². The number of H-pyrrole nitrogens is 2. The van der Waals surface area contributed by atoms with Crippen LogP contribution in [-0.4, -0.2) is 30.8 Å². The lowest BCUT2D eigenvalue weighted by atomic mass is 9.37. The maximum atomic E-state index is 12.8. The summed E-state index contributed by atoms with van der Waals surface area (Å²) in [5, 5.41) is 0.810. The molecular weight excluding hydrogens is 653 g/mol. The number of nitrogens with one attached hydrogen (secondary N) is 3. The van der Waals surface area contributed by atoms with Crippen LogP contribution in [0.3, 0.4) is 0 Å². The highest BCUT2D eigenvalue weighted by atomic mass is 32.2. The van der Waals surface area contributed by atoms with Gasteiger partial charge in [-0.2, -0.15) is 0 Å². The van der Waals surface area contributed by atoms with E-state index in [1.54, 1.807) is 12.4 Å². The first-order valence-corrected chi connectivity index (χ1v) is 19.9. The number of rotatable bonds is 10. The van der Waals surface area contributed by atoms with Gasteiger partial charge >= 0.3 is 0 Å². The van der Waals surface area contributed by atoms with Gasteiger partial charge in [0.1, 0.15) is 5.52 Å². The Kier molecular flexibility index (Phi) is 11.1. The Morgan fingerprint density at radius 1 is 0.941 bits per heavy atom. The Hall–Kier alpha value is -2.84. The number of hydrogen-bond acceptors (Lipinski definition) is 3. The standard InChI is InChI=1S/C43H68N4O3S/c1-16-20-39(8,9)43(40(10,11)23-29(2)3)27-37(4,5)26-42(14,15)47(28-38(6,7)25-41(43,12)13)34-18-17-30(46-51(49)50)22-32(34)33-24-45-36(48)35-31(33)19-21-44-35/h17-19,21-22,24,44,46H,2,16,20,23,25-28H2,1,3-15H3,(H,45,48)(H,49,50). The summed E-state index contributed by atoms with van der Waals surface area (Å²) in [6, 6.07) is 7.85. The molecule has 0 bridgehead atoms. The summed E-state index contributed by atoms with van der Waals surface area (Å²) >= 11 is -2.23. The Balaban J connectivity index is 2.02. The highest BCUT2D eigenvalue weighted by molar-refractivity contribution is 7.80. The van der Waals surface area contributed by atoms with Crippen molar-refractivity contribution in [1.29, 1.82) is 0 Å². The third-order valence-corrected chi connectivity index (χ3v) is 12.8. The van der Waals surface area contributed by atoms with Crippen LogP contribution in [0.5, 0.6) is 0 Å². The summed E-state index contributed by atoms with van der Waals surface area (Å²) in [4.78, 5) is 21.4. The molecule has 284 valence electrons. The molecule has 1 aliphatic heterocycles. The lowest BCUT2D eigenvalue weighted by Gasteiger charge is -2.68. The number of hydrogen-bond donors (Lipinski definition) is 4. The number of allylic oxidation sites excluding steroid dienone is 1. The molecule has 0 amide bonds. The highest BCUT2D eigenvalue weighted by Crippen LogP contribution is 2.71. The van der Waals surface area contributed by atoms with Crippen molar-refractivity contribution < 1.29 is 8.76 Å². The largest absolute Gasteiger partial charge is 0.365 e. The molecule has 1 fully saturated rings. The fourth-order valence-electron chi connectivity index (χ4n) is 12.2. The third-order valence-electron chi connectivity index (χ3n) is 12.4. The van der Waals surface area contributed by atoms with Crippen LogP contribution in [0, 0.1) is 32.5 Å². The Labute approximate surface area is 311 Å². The molecular formula is C43H68N4O3S. The predicted molar refractivity (Wildman–Crippen MR) is 220 cm³/mol. The van der Waals surface area contributed by atoms with Gasteiger partial charge < -0.3 is 14.9 Å². The lowest BCUT2D eigenvalue weighted by molar-refractivity contribution is -0.186. The Bertz CT molecular complexity index is 1830. The molecule has 2 aromatic heterocycles. The summed E-state index contributed by atoms with van der Waals surface area (Å²) in [6.45, 7) is 39.7. The predicted octanol–water partition coefficient (Wildman–Crippen LogP) is 11.7. The molecule has 1 saturated heterocycles. The molecule has 7 nitrogen and oxygen atoms in total. The van der Waals surface area contributed by atoms with Crippen LogP contribution in [0.4, 0.5) is 11.4 Å². The first kappa shape index (κ1) is 40.9. The van der Waals surface area contributed by atoms with Gasteiger partial charge in [0.05, 0.1) is 0 Å². The first-order chi connectivity index (χ1) is 23.2. The third kappa shape index (κ3) is 7.93. The first-order valence-electron chi connectivity index (χ1n) is 18.8. The van der Waals surface area contributed by atoms with Crippen LogP contribution in [0.2, 0.25) is 0 Å². The van der Waals surface area contributed by atoms with E-state index in [-0.39, 0.29) is 43.6 Å². The topological polar surface area (TPSA) is 101 Å². The van der Waals surface area contributed by atoms with Crippen LogP contribution in [0.15, 0.2) is 53.6 Å². The Morgan fingerprint density at radius 2 is 1.59 bits per heavy atom. The van der Waals surface area contributed by atoms with E-state index < -0.39 is 11.3 Å². The average molecular weight is 721 g/mol. The molecule has 2 atom stereocenters. The van der Waals surface area contributed by atoms with Crippen molar-refractivity contribution in [3.63, 3.8) is 0 Å². The molecule has 4 rings (SSSR count).